The second-order valence-electron chi connectivity index (χ2n) is 23.6. The molecule has 0 fully saturated rings. The molecular formula is C83H51NO. The van der Waals surface area contributed by atoms with E-state index in [9.17, 15) is 0 Å². The fourth-order valence-corrected chi connectivity index (χ4v) is 16.8. The number of anilines is 3. The van der Waals surface area contributed by atoms with Gasteiger partial charge in [-0.2, -0.15) is 0 Å². The van der Waals surface area contributed by atoms with Gasteiger partial charge in [0.1, 0.15) is 11.5 Å². The molecule has 394 valence electrons. The van der Waals surface area contributed by atoms with Crippen LogP contribution >= 0.6 is 0 Å². The maximum Gasteiger partial charge on any atom is 0.140 e. The van der Waals surface area contributed by atoms with E-state index in [1.165, 1.54) is 100 Å². The molecule has 85 heavy (non-hydrogen) atoms. The van der Waals surface area contributed by atoms with Crippen molar-refractivity contribution in [1.29, 1.82) is 0 Å². The van der Waals surface area contributed by atoms with E-state index in [-0.39, 0.29) is 0 Å². The van der Waals surface area contributed by atoms with Crippen LogP contribution in [0.4, 0.5) is 17.1 Å². The van der Waals surface area contributed by atoms with Gasteiger partial charge in [-0.1, -0.05) is 279 Å². The standard InChI is InChI=1S/C83H51NO/c1-3-24-54(25-4-1)81(55-26-5-2-6-27-55)67-35-16-11-32-62(67)64-46-44-56(50-75(64)81)84(77-41-21-40-72-78(77)66-34-15-20-39-71(66)82(72)68-36-17-12-30-60(68)61-31-13-18-37-69(61)82)57-45-47-65-63-33-14-19-38-70(63)83(76(65)51-57)73-48-42-52-22-7-9-28-58(52)79(73)85-80-59-29-10-8-23-53(59)43-49-74(80)83/h1-51H. The molecule has 0 atom stereocenters. The SMILES string of the molecule is c1ccc(C2(c3ccccc3)c3ccccc3-c3ccc(N(c4ccc5c(c4)C4(c6ccccc6-5)c5ccc6ccccc6c5Oc5c4ccc4ccccc54)c4cccc5c4-c4ccccc4C54c5ccccc5-c5ccccc54)cc32)cc1. The minimum atomic E-state index is -0.757. The minimum Gasteiger partial charge on any atom is -0.455 e. The zero-order valence-corrected chi connectivity index (χ0v) is 46.3. The van der Waals surface area contributed by atoms with E-state index in [4.69, 9.17) is 4.74 Å². The molecule has 14 aromatic rings. The van der Waals surface area contributed by atoms with Crippen molar-refractivity contribution < 1.29 is 4.74 Å². The number of ether oxygens (including phenoxy) is 1. The smallest absolute Gasteiger partial charge is 0.140 e. The summed E-state index contributed by atoms with van der Waals surface area (Å²) in [5.74, 6) is 1.81. The second-order valence-corrected chi connectivity index (χ2v) is 23.6. The Hall–Kier alpha value is -10.8. The van der Waals surface area contributed by atoms with E-state index in [2.05, 4.69) is 314 Å². The highest BCUT2D eigenvalue weighted by atomic mass is 16.5. The summed E-state index contributed by atoms with van der Waals surface area (Å²) in [7, 11) is 0. The average Bonchev–Trinajstić information content (AvgIpc) is 1.61. The third-order valence-corrected chi connectivity index (χ3v) is 20.0. The molecule has 0 aromatic heterocycles. The van der Waals surface area contributed by atoms with E-state index in [0.29, 0.717) is 0 Å². The van der Waals surface area contributed by atoms with Crippen molar-refractivity contribution in [3.63, 3.8) is 0 Å². The van der Waals surface area contributed by atoms with E-state index < -0.39 is 16.2 Å². The Labute approximate surface area is 493 Å². The topological polar surface area (TPSA) is 12.5 Å². The minimum absolute atomic E-state index is 0.541. The summed E-state index contributed by atoms with van der Waals surface area (Å²) in [5, 5.41) is 4.50. The van der Waals surface area contributed by atoms with Crippen LogP contribution in [0.15, 0.2) is 309 Å². The van der Waals surface area contributed by atoms with Crippen molar-refractivity contribution in [2.24, 2.45) is 0 Å². The Morgan fingerprint density at radius 1 is 0.235 bits per heavy atom. The van der Waals surface area contributed by atoms with Gasteiger partial charge < -0.3 is 9.64 Å². The maximum absolute atomic E-state index is 7.47. The third-order valence-electron chi connectivity index (χ3n) is 20.0. The van der Waals surface area contributed by atoms with Gasteiger partial charge in [0.25, 0.3) is 0 Å². The van der Waals surface area contributed by atoms with Crippen molar-refractivity contribution in [3.05, 3.63) is 376 Å². The first kappa shape index (κ1) is 46.8. The molecule has 4 aliphatic carbocycles. The van der Waals surface area contributed by atoms with E-state index in [0.717, 1.165) is 61.2 Å². The number of benzene rings is 14. The van der Waals surface area contributed by atoms with Crippen LogP contribution in [0.1, 0.15) is 66.8 Å². The van der Waals surface area contributed by atoms with Gasteiger partial charge in [-0.15, -0.1) is 0 Å². The molecule has 14 aromatic carbocycles. The molecule has 0 saturated carbocycles. The summed E-state index contributed by atoms with van der Waals surface area (Å²) in [4.78, 5) is 2.62. The Bertz CT molecular complexity index is 5020. The van der Waals surface area contributed by atoms with Crippen LogP contribution in [-0.2, 0) is 16.2 Å². The first-order chi connectivity index (χ1) is 42.2. The third kappa shape index (κ3) is 5.83. The summed E-state index contributed by atoms with van der Waals surface area (Å²) in [6.07, 6.45) is 0. The van der Waals surface area contributed by atoms with Gasteiger partial charge >= 0.3 is 0 Å². The van der Waals surface area contributed by atoms with Gasteiger partial charge in [-0.25, -0.2) is 0 Å². The Kier molecular flexibility index (Phi) is 9.43. The number of rotatable bonds is 5. The molecule has 0 unspecified atom stereocenters. The van der Waals surface area contributed by atoms with Crippen LogP contribution in [0.5, 0.6) is 11.5 Å². The van der Waals surface area contributed by atoms with Crippen molar-refractivity contribution >= 4 is 38.6 Å². The van der Waals surface area contributed by atoms with Crippen LogP contribution < -0.4 is 9.64 Å². The van der Waals surface area contributed by atoms with Crippen LogP contribution in [-0.4, -0.2) is 0 Å². The lowest BCUT2D eigenvalue weighted by atomic mass is 9.65. The van der Waals surface area contributed by atoms with Gasteiger partial charge in [0, 0.05) is 38.8 Å². The molecule has 19 rings (SSSR count). The summed E-state index contributed by atoms with van der Waals surface area (Å²) in [6.45, 7) is 0. The molecule has 5 aliphatic rings. The predicted molar refractivity (Wildman–Crippen MR) is 347 cm³/mol. The lowest BCUT2D eigenvalue weighted by Crippen LogP contribution is -2.32. The number of nitrogens with zero attached hydrogens (tertiary/aromatic N) is 1. The number of hydrogen-bond acceptors (Lipinski definition) is 2. The monoisotopic (exact) mass is 1080 g/mol. The van der Waals surface area contributed by atoms with Crippen molar-refractivity contribution in [2.75, 3.05) is 4.90 Å². The first-order valence-corrected chi connectivity index (χ1v) is 29.7. The molecule has 2 nitrogen and oxygen atoms in total. The first-order valence-electron chi connectivity index (χ1n) is 29.7. The van der Waals surface area contributed by atoms with Gasteiger partial charge in [-0.3, -0.25) is 0 Å². The van der Waals surface area contributed by atoms with Crippen LogP contribution in [0.2, 0.25) is 0 Å². The van der Waals surface area contributed by atoms with Crippen LogP contribution in [0, 0.1) is 0 Å². The molecule has 1 heterocycles. The van der Waals surface area contributed by atoms with E-state index >= 15 is 0 Å². The predicted octanol–water partition coefficient (Wildman–Crippen LogP) is 20.6. The molecule has 0 N–H and O–H groups in total. The fourth-order valence-electron chi connectivity index (χ4n) is 16.8. The van der Waals surface area contributed by atoms with Crippen molar-refractivity contribution in [3.8, 4) is 56.0 Å². The van der Waals surface area contributed by atoms with E-state index in [1.54, 1.807) is 0 Å². The zero-order chi connectivity index (χ0) is 55.6. The maximum atomic E-state index is 7.47. The molecule has 0 radical (unpaired) electrons. The van der Waals surface area contributed by atoms with Crippen LogP contribution in [0.25, 0.3) is 66.1 Å². The second kappa shape index (κ2) is 17.1. The Morgan fingerprint density at radius 3 is 1.09 bits per heavy atom. The summed E-state index contributed by atoms with van der Waals surface area (Å²) >= 11 is 0. The normalized spacial score (nSPS) is 14.7. The van der Waals surface area contributed by atoms with Crippen molar-refractivity contribution in [1.82, 2.24) is 0 Å². The lowest BCUT2D eigenvalue weighted by molar-refractivity contribution is 0.447. The highest BCUT2D eigenvalue weighted by Crippen LogP contribution is 2.68. The zero-order valence-electron chi connectivity index (χ0n) is 46.3. The highest BCUT2D eigenvalue weighted by molar-refractivity contribution is 6.04. The van der Waals surface area contributed by atoms with Gasteiger partial charge in [-0.05, 0) is 136 Å². The fraction of sp³-hybridized carbons (Fsp3) is 0.0361. The molecular weight excluding hydrogens is 1030 g/mol. The number of hydrogen-bond donors (Lipinski definition) is 0. The Morgan fingerprint density at radius 2 is 0.600 bits per heavy atom. The summed E-state index contributed by atoms with van der Waals surface area (Å²) in [5.41, 5.74) is 26.4. The molecule has 0 saturated heterocycles. The largest absolute Gasteiger partial charge is 0.455 e. The number of fused-ring (bicyclic) bond motifs is 26. The average molecular weight is 1080 g/mol. The van der Waals surface area contributed by atoms with Gasteiger partial charge in [0.05, 0.1) is 21.9 Å². The lowest BCUT2D eigenvalue weighted by Gasteiger charge is -2.40. The highest BCUT2D eigenvalue weighted by Gasteiger charge is 2.55. The molecule has 1 aliphatic heterocycles. The quantitative estimate of drug-likeness (QED) is 0.170. The molecule has 2 spiro atoms. The van der Waals surface area contributed by atoms with Crippen molar-refractivity contribution in [2.45, 2.75) is 16.2 Å². The molecule has 2 heteroatoms. The molecule has 0 amide bonds. The summed E-state index contributed by atoms with van der Waals surface area (Å²) < 4.78 is 7.47. The van der Waals surface area contributed by atoms with Crippen LogP contribution in [0.3, 0.4) is 0 Å². The molecule has 0 bridgehead atoms. The Balaban J connectivity index is 0.940. The summed E-state index contributed by atoms with van der Waals surface area (Å²) in [6, 6.07) is 117. The van der Waals surface area contributed by atoms with Gasteiger partial charge in [0.2, 0.25) is 0 Å². The van der Waals surface area contributed by atoms with Gasteiger partial charge in [0.15, 0.2) is 0 Å². The van der Waals surface area contributed by atoms with E-state index in [1.807, 2.05) is 0 Å².